The molecular weight excluding hydrogens is 278 g/mol. The van der Waals surface area contributed by atoms with E-state index >= 15 is 0 Å². The minimum absolute atomic E-state index is 0.457. The average molecular weight is 286 g/mol. The molecule has 0 aliphatic rings. The first-order chi connectivity index (χ1) is 7.24. The second kappa shape index (κ2) is 4.67. The number of anilines is 1. The summed E-state index contributed by atoms with van der Waals surface area (Å²) in [6, 6.07) is 5.43. The van der Waals surface area contributed by atoms with Crippen molar-refractivity contribution in [3.63, 3.8) is 0 Å². The molecule has 2 rings (SSSR count). The fraction of sp³-hybridized carbons (Fsp3) is 0.111. The van der Waals surface area contributed by atoms with Gasteiger partial charge in [0.15, 0.2) is 5.16 Å². The molecule has 0 aliphatic carbocycles. The molecule has 0 amide bonds. The number of aromatic nitrogens is 2. The van der Waals surface area contributed by atoms with Gasteiger partial charge in [-0.3, -0.25) is 0 Å². The standard InChI is InChI=1S/C9H8BrN3OS/c10-7-4-8(11)13-9(12-7)15-5-6-2-1-3-14-6/h1-4H,5H2,(H2,11,12,13). The van der Waals surface area contributed by atoms with Crippen LogP contribution < -0.4 is 5.73 Å². The summed E-state index contributed by atoms with van der Waals surface area (Å²) in [5.41, 5.74) is 5.59. The molecule has 0 saturated carbocycles. The molecule has 78 valence electrons. The highest BCUT2D eigenvalue weighted by Gasteiger charge is 2.03. The highest BCUT2D eigenvalue weighted by Crippen LogP contribution is 2.22. The number of hydrogen-bond acceptors (Lipinski definition) is 5. The van der Waals surface area contributed by atoms with Gasteiger partial charge in [-0.25, -0.2) is 9.97 Å². The molecule has 0 aromatic carbocycles. The largest absolute Gasteiger partial charge is 0.468 e. The van der Waals surface area contributed by atoms with E-state index in [1.54, 1.807) is 12.3 Å². The monoisotopic (exact) mass is 285 g/mol. The van der Waals surface area contributed by atoms with Crippen LogP contribution in [0.1, 0.15) is 5.76 Å². The van der Waals surface area contributed by atoms with Crippen LogP contribution in [0.2, 0.25) is 0 Å². The summed E-state index contributed by atoms with van der Waals surface area (Å²) < 4.78 is 5.89. The van der Waals surface area contributed by atoms with E-state index in [4.69, 9.17) is 10.2 Å². The van der Waals surface area contributed by atoms with Gasteiger partial charge in [0.05, 0.1) is 12.0 Å². The predicted octanol–water partition coefficient (Wildman–Crippen LogP) is 2.71. The van der Waals surface area contributed by atoms with Crippen molar-refractivity contribution in [3.8, 4) is 0 Å². The van der Waals surface area contributed by atoms with E-state index in [0.717, 1.165) is 5.76 Å². The van der Waals surface area contributed by atoms with Crippen molar-refractivity contribution in [2.45, 2.75) is 10.9 Å². The van der Waals surface area contributed by atoms with Crippen LogP contribution in [0.3, 0.4) is 0 Å². The number of halogens is 1. The Morgan fingerprint density at radius 3 is 3.00 bits per heavy atom. The van der Waals surface area contributed by atoms with Crippen molar-refractivity contribution in [1.82, 2.24) is 9.97 Å². The average Bonchev–Trinajstić information content (AvgIpc) is 2.65. The summed E-state index contributed by atoms with van der Waals surface area (Å²) in [6.07, 6.45) is 1.64. The molecule has 4 nitrogen and oxygen atoms in total. The summed E-state index contributed by atoms with van der Waals surface area (Å²) in [4.78, 5) is 8.27. The van der Waals surface area contributed by atoms with Gasteiger partial charge in [-0.05, 0) is 28.1 Å². The molecule has 0 saturated heterocycles. The van der Waals surface area contributed by atoms with Gasteiger partial charge in [0, 0.05) is 6.07 Å². The molecule has 6 heteroatoms. The van der Waals surface area contributed by atoms with Crippen molar-refractivity contribution in [3.05, 3.63) is 34.8 Å². The van der Waals surface area contributed by atoms with Gasteiger partial charge in [-0.1, -0.05) is 11.8 Å². The van der Waals surface area contributed by atoms with Gasteiger partial charge >= 0.3 is 0 Å². The summed E-state index contributed by atoms with van der Waals surface area (Å²) in [7, 11) is 0. The number of nitrogen functional groups attached to an aromatic ring is 1. The van der Waals surface area contributed by atoms with E-state index in [1.807, 2.05) is 12.1 Å². The zero-order chi connectivity index (χ0) is 10.7. The molecule has 2 heterocycles. The van der Waals surface area contributed by atoms with Gasteiger partial charge < -0.3 is 10.2 Å². The van der Waals surface area contributed by atoms with E-state index in [-0.39, 0.29) is 0 Å². The first kappa shape index (κ1) is 10.5. The number of nitrogens with zero attached hydrogens (tertiary/aromatic N) is 2. The van der Waals surface area contributed by atoms with Crippen molar-refractivity contribution < 1.29 is 4.42 Å². The molecule has 2 aromatic heterocycles. The van der Waals surface area contributed by atoms with Crippen molar-refractivity contribution in [2.75, 3.05) is 5.73 Å². The third-order valence-corrected chi connectivity index (χ3v) is 2.89. The van der Waals surface area contributed by atoms with Crippen LogP contribution in [0, 0.1) is 0 Å². The molecule has 0 radical (unpaired) electrons. The minimum Gasteiger partial charge on any atom is -0.468 e. The van der Waals surface area contributed by atoms with E-state index < -0.39 is 0 Å². The molecule has 0 atom stereocenters. The van der Waals surface area contributed by atoms with Crippen molar-refractivity contribution in [2.24, 2.45) is 0 Å². The Kier molecular flexibility index (Phi) is 3.27. The minimum atomic E-state index is 0.457. The third kappa shape index (κ3) is 2.97. The molecule has 0 unspecified atom stereocenters. The van der Waals surface area contributed by atoms with E-state index in [9.17, 15) is 0 Å². The second-order valence-electron chi connectivity index (χ2n) is 2.77. The van der Waals surface area contributed by atoms with Gasteiger partial charge in [0.25, 0.3) is 0 Å². The predicted molar refractivity (Wildman–Crippen MR) is 62.4 cm³/mol. The maximum atomic E-state index is 5.59. The number of rotatable bonds is 3. The van der Waals surface area contributed by atoms with Crippen LogP contribution in [0.15, 0.2) is 38.6 Å². The number of furan rings is 1. The highest BCUT2D eigenvalue weighted by atomic mass is 79.9. The Labute approximate surface area is 99.4 Å². The Hall–Kier alpha value is -1.01. The van der Waals surface area contributed by atoms with Crippen molar-refractivity contribution in [1.29, 1.82) is 0 Å². The molecule has 0 spiro atoms. The second-order valence-corrected chi connectivity index (χ2v) is 4.52. The van der Waals surface area contributed by atoms with Gasteiger partial charge in [0.2, 0.25) is 0 Å². The van der Waals surface area contributed by atoms with Crippen LogP contribution in [0.4, 0.5) is 5.82 Å². The van der Waals surface area contributed by atoms with Crippen LogP contribution in [-0.2, 0) is 5.75 Å². The number of thioether (sulfide) groups is 1. The zero-order valence-corrected chi connectivity index (χ0v) is 10.1. The van der Waals surface area contributed by atoms with E-state index in [0.29, 0.717) is 21.3 Å². The van der Waals surface area contributed by atoms with E-state index in [2.05, 4.69) is 25.9 Å². The molecule has 0 aliphatic heterocycles. The van der Waals surface area contributed by atoms with Crippen LogP contribution in [0.5, 0.6) is 0 Å². The fourth-order valence-corrected chi connectivity index (χ4v) is 2.30. The lowest BCUT2D eigenvalue weighted by molar-refractivity contribution is 0.530. The Balaban J connectivity index is 2.05. The summed E-state index contributed by atoms with van der Waals surface area (Å²) in [5.74, 6) is 2.05. The van der Waals surface area contributed by atoms with E-state index in [1.165, 1.54) is 11.8 Å². The molecule has 15 heavy (non-hydrogen) atoms. The molecule has 2 aromatic rings. The van der Waals surface area contributed by atoms with Gasteiger partial charge in [-0.15, -0.1) is 0 Å². The number of nitrogens with two attached hydrogens (primary N) is 1. The summed E-state index contributed by atoms with van der Waals surface area (Å²) in [6.45, 7) is 0. The topological polar surface area (TPSA) is 64.9 Å². The number of hydrogen-bond donors (Lipinski definition) is 1. The maximum absolute atomic E-state index is 5.59. The normalized spacial score (nSPS) is 10.5. The quantitative estimate of drug-likeness (QED) is 0.534. The third-order valence-electron chi connectivity index (χ3n) is 1.62. The Morgan fingerprint density at radius 2 is 2.33 bits per heavy atom. The highest BCUT2D eigenvalue weighted by molar-refractivity contribution is 9.10. The molecule has 2 N–H and O–H groups in total. The summed E-state index contributed by atoms with van der Waals surface area (Å²) in [5, 5.41) is 0.637. The first-order valence-corrected chi connectivity index (χ1v) is 5.97. The lowest BCUT2D eigenvalue weighted by atomic mass is 10.5. The molecule has 0 fully saturated rings. The molecule has 0 bridgehead atoms. The zero-order valence-electron chi connectivity index (χ0n) is 7.68. The summed E-state index contributed by atoms with van der Waals surface area (Å²) >= 11 is 4.74. The first-order valence-electron chi connectivity index (χ1n) is 4.19. The van der Waals surface area contributed by atoms with Gasteiger partial charge in [-0.2, -0.15) is 0 Å². The van der Waals surface area contributed by atoms with Crippen LogP contribution in [-0.4, -0.2) is 9.97 Å². The smallest absolute Gasteiger partial charge is 0.191 e. The molecular formula is C9H8BrN3OS. The van der Waals surface area contributed by atoms with Crippen LogP contribution in [0.25, 0.3) is 0 Å². The van der Waals surface area contributed by atoms with Crippen molar-refractivity contribution >= 4 is 33.5 Å². The lowest BCUT2D eigenvalue weighted by Crippen LogP contribution is -1.94. The van der Waals surface area contributed by atoms with Gasteiger partial charge in [0.1, 0.15) is 16.2 Å². The lowest BCUT2D eigenvalue weighted by Gasteiger charge is -2.00. The Bertz CT molecular complexity index is 426. The van der Waals surface area contributed by atoms with Crippen LogP contribution >= 0.6 is 27.7 Å². The fourth-order valence-electron chi connectivity index (χ4n) is 1.01. The SMILES string of the molecule is Nc1cc(Br)nc(SCc2ccco2)n1. The Morgan fingerprint density at radius 1 is 1.47 bits per heavy atom. The maximum Gasteiger partial charge on any atom is 0.191 e.